The number of amides is 1. The van der Waals surface area contributed by atoms with Crippen molar-refractivity contribution in [1.29, 1.82) is 0 Å². The third-order valence-electron chi connectivity index (χ3n) is 6.65. The van der Waals surface area contributed by atoms with Gasteiger partial charge in [-0.25, -0.2) is 8.78 Å². The van der Waals surface area contributed by atoms with Crippen molar-refractivity contribution in [1.82, 2.24) is 15.2 Å². The minimum Gasteiger partial charge on any atom is -0.345 e. The highest BCUT2D eigenvalue weighted by molar-refractivity contribution is 6.08. The molecule has 1 aliphatic carbocycles. The Morgan fingerprint density at radius 2 is 1.94 bits per heavy atom. The first kappa shape index (κ1) is 20.8. The molecule has 1 amide bonds. The molecule has 7 heteroatoms. The average Bonchev–Trinajstić information content (AvgIpc) is 3.46. The summed E-state index contributed by atoms with van der Waals surface area (Å²) in [4.78, 5) is 26.9. The number of halogens is 2. The second-order valence-corrected chi connectivity index (χ2v) is 8.79. The Balaban J connectivity index is 1.63. The molecule has 2 fully saturated rings. The summed E-state index contributed by atoms with van der Waals surface area (Å²) in [7, 11) is 0. The molecule has 3 aromatic rings. The summed E-state index contributed by atoms with van der Waals surface area (Å²) in [6, 6.07) is 10.2. The van der Waals surface area contributed by atoms with Crippen LogP contribution >= 0.6 is 0 Å². The van der Waals surface area contributed by atoms with Gasteiger partial charge in [0.2, 0.25) is 0 Å². The molecule has 1 aromatic heterocycles. The maximum Gasteiger partial charge on any atom is 0.261 e. The van der Waals surface area contributed by atoms with Crippen LogP contribution in [0.15, 0.2) is 47.3 Å². The van der Waals surface area contributed by atoms with E-state index in [1.54, 1.807) is 23.6 Å². The molecule has 1 saturated heterocycles. The molecule has 0 bridgehead atoms. The van der Waals surface area contributed by atoms with Crippen molar-refractivity contribution in [2.75, 3.05) is 13.1 Å². The van der Waals surface area contributed by atoms with E-state index in [0.717, 1.165) is 25.8 Å². The molecule has 5 rings (SSSR count). The predicted octanol–water partition coefficient (Wildman–Crippen LogP) is 4.00. The van der Waals surface area contributed by atoms with Gasteiger partial charge in [0.05, 0.1) is 23.0 Å². The molecule has 166 valence electrons. The first-order chi connectivity index (χ1) is 15.5. The van der Waals surface area contributed by atoms with Gasteiger partial charge in [-0.2, -0.15) is 0 Å². The van der Waals surface area contributed by atoms with Gasteiger partial charge in [-0.05, 0) is 62.4 Å². The fourth-order valence-corrected chi connectivity index (χ4v) is 4.94. The van der Waals surface area contributed by atoms with Crippen LogP contribution in [0.1, 0.15) is 53.0 Å². The van der Waals surface area contributed by atoms with Crippen molar-refractivity contribution < 1.29 is 13.6 Å². The number of aromatic nitrogens is 1. The quantitative estimate of drug-likeness (QED) is 0.634. The van der Waals surface area contributed by atoms with Crippen LogP contribution in [-0.2, 0) is 0 Å². The number of nitrogens with zero attached hydrogens (tertiary/aromatic N) is 1. The molecular weight excluding hydrogens is 412 g/mol. The summed E-state index contributed by atoms with van der Waals surface area (Å²) < 4.78 is 30.2. The van der Waals surface area contributed by atoms with E-state index in [2.05, 4.69) is 10.6 Å². The Bertz CT molecular complexity index is 1260. The minimum atomic E-state index is -0.634. The monoisotopic (exact) mass is 437 g/mol. The van der Waals surface area contributed by atoms with Crippen molar-refractivity contribution >= 4 is 16.7 Å². The molecule has 2 N–H and O–H groups in total. The topological polar surface area (TPSA) is 63.1 Å². The lowest BCUT2D eigenvalue weighted by molar-refractivity contribution is 0.0931. The van der Waals surface area contributed by atoms with Gasteiger partial charge in [0.1, 0.15) is 11.6 Å². The van der Waals surface area contributed by atoms with Gasteiger partial charge in [0.25, 0.3) is 11.5 Å². The number of carbonyl (C=O) groups excluding carboxylic acids is 1. The van der Waals surface area contributed by atoms with Crippen LogP contribution < -0.4 is 16.2 Å². The Morgan fingerprint density at radius 1 is 1.16 bits per heavy atom. The highest BCUT2D eigenvalue weighted by atomic mass is 19.1. The van der Waals surface area contributed by atoms with E-state index < -0.39 is 11.4 Å². The summed E-state index contributed by atoms with van der Waals surface area (Å²) in [6.07, 6.45) is 2.63. The van der Waals surface area contributed by atoms with Crippen LogP contribution in [-0.4, -0.2) is 23.6 Å². The molecule has 1 unspecified atom stereocenters. The van der Waals surface area contributed by atoms with Gasteiger partial charge in [-0.15, -0.1) is 0 Å². The molecule has 2 aromatic carbocycles. The molecule has 5 nitrogen and oxygen atoms in total. The minimum absolute atomic E-state index is 0.0659. The normalized spacial score (nSPS) is 19.3. The van der Waals surface area contributed by atoms with Crippen LogP contribution in [0.2, 0.25) is 0 Å². The lowest BCUT2D eigenvalue weighted by Gasteiger charge is -2.24. The zero-order chi connectivity index (χ0) is 22.4. The Hall–Kier alpha value is -3.06. The van der Waals surface area contributed by atoms with Crippen molar-refractivity contribution in [2.45, 2.75) is 38.3 Å². The molecule has 1 aliphatic heterocycles. The average molecular weight is 437 g/mol. The number of nitrogens with one attached hydrogen (secondary N) is 2. The van der Waals surface area contributed by atoms with Gasteiger partial charge in [-0.1, -0.05) is 24.3 Å². The SMILES string of the molecule is Cc1c(C(=O)NC(c2cccc(F)c2)C2CC2)c2cccc(F)c2c(=O)n1[C@H]1CCNC1. The van der Waals surface area contributed by atoms with Crippen molar-refractivity contribution in [3.8, 4) is 0 Å². The van der Waals surface area contributed by atoms with Crippen LogP contribution in [0.25, 0.3) is 10.8 Å². The van der Waals surface area contributed by atoms with Crippen molar-refractivity contribution in [2.24, 2.45) is 5.92 Å². The van der Waals surface area contributed by atoms with E-state index in [-0.39, 0.29) is 35.1 Å². The fourth-order valence-electron chi connectivity index (χ4n) is 4.94. The van der Waals surface area contributed by atoms with E-state index in [1.165, 1.54) is 24.3 Å². The maximum absolute atomic E-state index is 14.8. The van der Waals surface area contributed by atoms with Crippen LogP contribution in [0.5, 0.6) is 0 Å². The predicted molar refractivity (Wildman–Crippen MR) is 119 cm³/mol. The third-order valence-corrected chi connectivity index (χ3v) is 6.65. The van der Waals surface area contributed by atoms with Crippen molar-refractivity contribution in [3.63, 3.8) is 0 Å². The van der Waals surface area contributed by atoms with E-state index in [9.17, 15) is 18.4 Å². The van der Waals surface area contributed by atoms with Gasteiger partial charge in [0, 0.05) is 17.6 Å². The third kappa shape index (κ3) is 3.60. The molecule has 2 heterocycles. The highest BCUT2D eigenvalue weighted by Gasteiger charge is 2.35. The molecule has 0 radical (unpaired) electrons. The number of rotatable bonds is 5. The van der Waals surface area contributed by atoms with Crippen molar-refractivity contribution in [3.05, 3.63) is 81.3 Å². The Morgan fingerprint density at radius 3 is 2.62 bits per heavy atom. The van der Waals surface area contributed by atoms with E-state index >= 15 is 0 Å². The second kappa shape index (κ2) is 8.13. The number of carbonyl (C=O) groups is 1. The molecule has 1 saturated carbocycles. The summed E-state index contributed by atoms with van der Waals surface area (Å²) in [5.41, 5.74) is 1.12. The number of hydrogen-bond donors (Lipinski definition) is 2. The molecule has 0 spiro atoms. The number of fused-ring (bicyclic) bond motifs is 1. The summed E-state index contributed by atoms with van der Waals surface area (Å²) in [5.74, 6) is -1.13. The maximum atomic E-state index is 14.8. The Kier molecular flexibility index (Phi) is 5.29. The lowest BCUT2D eigenvalue weighted by atomic mass is 9.98. The lowest BCUT2D eigenvalue weighted by Crippen LogP contribution is -2.35. The summed E-state index contributed by atoms with van der Waals surface area (Å²) >= 11 is 0. The van der Waals surface area contributed by atoms with Gasteiger partial charge in [-0.3, -0.25) is 9.59 Å². The summed E-state index contributed by atoms with van der Waals surface area (Å²) in [5, 5.41) is 6.54. The number of hydrogen-bond acceptors (Lipinski definition) is 3. The molecular formula is C25H25F2N3O2. The van der Waals surface area contributed by atoms with E-state index in [1.807, 2.05) is 6.07 Å². The fraction of sp³-hybridized carbons (Fsp3) is 0.360. The molecule has 2 aliphatic rings. The van der Waals surface area contributed by atoms with Gasteiger partial charge < -0.3 is 15.2 Å². The standard InChI is InChI=1S/C25H25F2N3O2/c1-14-21(24(31)29-23(15-8-9-15)16-4-2-5-17(26)12-16)19-6-3-7-20(27)22(19)25(32)30(14)18-10-11-28-13-18/h2-7,12,15,18,23,28H,8-11,13H2,1H3,(H,29,31)/t18-,23?/m0/s1. The molecule has 2 atom stereocenters. The van der Waals surface area contributed by atoms with Crippen LogP contribution in [0.3, 0.4) is 0 Å². The number of benzene rings is 2. The zero-order valence-corrected chi connectivity index (χ0v) is 17.8. The molecule has 32 heavy (non-hydrogen) atoms. The first-order valence-corrected chi connectivity index (χ1v) is 11.1. The smallest absolute Gasteiger partial charge is 0.261 e. The zero-order valence-electron chi connectivity index (χ0n) is 17.8. The highest BCUT2D eigenvalue weighted by Crippen LogP contribution is 2.41. The van der Waals surface area contributed by atoms with Gasteiger partial charge >= 0.3 is 0 Å². The number of pyridine rings is 1. The van der Waals surface area contributed by atoms with E-state index in [4.69, 9.17) is 0 Å². The van der Waals surface area contributed by atoms with E-state index in [0.29, 0.717) is 28.8 Å². The largest absolute Gasteiger partial charge is 0.345 e. The van der Waals surface area contributed by atoms with Crippen LogP contribution in [0, 0.1) is 24.5 Å². The first-order valence-electron chi connectivity index (χ1n) is 11.1. The van der Waals surface area contributed by atoms with Gasteiger partial charge in [0.15, 0.2) is 0 Å². The van der Waals surface area contributed by atoms with Crippen LogP contribution in [0.4, 0.5) is 8.78 Å². The Labute approximate surface area is 184 Å². The summed E-state index contributed by atoms with van der Waals surface area (Å²) in [6.45, 7) is 3.10. The second-order valence-electron chi connectivity index (χ2n) is 8.79.